The van der Waals surface area contributed by atoms with E-state index in [2.05, 4.69) is 17.0 Å². The lowest BCUT2D eigenvalue weighted by Crippen LogP contribution is -2.36. The van der Waals surface area contributed by atoms with Crippen molar-refractivity contribution in [3.05, 3.63) is 29.8 Å². The predicted molar refractivity (Wildman–Crippen MR) is 78.5 cm³/mol. The normalized spacial score (nSPS) is 21.2. The summed E-state index contributed by atoms with van der Waals surface area (Å²) in [6, 6.07) is 8.04. The molecule has 2 unspecified atom stereocenters. The topological polar surface area (TPSA) is 40.5 Å². The van der Waals surface area contributed by atoms with Crippen molar-refractivity contribution in [2.45, 2.75) is 37.3 Å². The molecule has 1 aliphatic rings. The van der Waals surface area contributed by atoms with Crippen molar-refractivity contribution in [3.63, 3.8) is 0 Å². The van der Waals surface area contributed by atoms with Gasteiger partial charge in [0, 0.05) is 28.5 Å². The summed E-state index contributed by atoms with van der Waals surface area (Å²) in [6.45, 7) is 4.95. The fourth-order valence-electron chi connectivity index (χ4n) is 2.64. The van der Waals surface area contributed by atoms with E-state index in [1.807, 2.05) is 19.1 Å². The summed E-state index contributed by atoms with van der Waals surface area (Å²) in [6.07, 6.45) is 3.68. The van der Waals surface area contributed by atoms with Crippen LogP contribution in [0.15, 0.2) is 29.2 Å². The summed E-state index contributed by atoms with van der Waals surface area (Å²) < 4.78 is 11.3. The van der Waals surface area contributed by atoms with E-state index < -0.39 is 10.8 Å². The molecule has 4 heteroatoms. The molecule has 1 fully saturated rings. The molecule has 106 valence electrons. The van der Waals surface area contributed by atoms with Crippen LogP contribution in [-0.2, 0) is 17.3 Å². The molecule has 1 heterocycles. The highest BCUT2D eigenvalue weighted by molar-refractivity contribution is 7.84. The van der Waals surface area contributed by atoms with Crippen LogP contribution in [0.2, 0.25) is 0 Å². The zero-order chi connectivity index (χ0) is 13.8. The van der Waals surface area contributed by atoms with E-state index in [4.69, 9.17) is 0 Å². The first-order chi connectivity index (χ1) is 9.06. The molecule has 2 atom stereocenters. The van der Waals surface area contributed by atoms with Crippen molar-refractivity contribution in [1.29, 1.82) is 0 Å². The summed E-state index contributed by atoms with van der Waals surface area (Å²) in [5, 5.41) is 9.59. The maximum Gasteiger partial charge on any atom is 0.0541 e. The van der Waals surface area contributed by atoms with Crippen LogP contribution in [0.5, 0.6) is 0 Å². The predicted octanol–water partition coefficient (Wildman–Crippen LogP) is 2.02. The third-order valence-corrected chi connectivity index (χ3v) is 4.91. The van der Waals surface area contributed by atoms with Gasteiger partial charge in [0.25, 0.3) is 0 Å². The van der Waals surface area contributed by atoms with Gasteiger partial charge in [-0.25, -0.2) is 0 Å². The molecule has 0 aromatic heterocycles. The number of hydrogen-bond acceptors (Lipinski definition) is 3. The van der Waals surface area contributed by atoms with Gasteiger partial charge in [0.05, 0.1) is 6.10 Å². The minimum atomic E-state index is -0.895. The fourth-order valence-corrected chi connectivity index (χ4v) is 3.16. The lowest BCUT2D eigenvalue weighted by atomic mass is 9.92. The Morgan fingerprint density at radius 2 is 1.89 bits per heavy atom. The summed E-state index contributed by atoms with van der Waals surface area (Å²) in [4.78, 5) is 3.31. The van der Waals surface area contributed by atoms with Crippen LogP contribution in [0.25, 0.3) is 0 Å². The van der Waals surface area contributed by atoms with E-state index in [1.54, 1.807) is 6.26 Å². The Kier molecular flexibility index (Phi) is 5.13. The molecule has 1 aromatic carbocycles. The molecule has 1 aromatic rings. The molecule has 2 rings (SSSR count). The fraction of sp³-hybridized carbons (Fsp3) is 0.600. The number of benzene rings is 1. The maximum absolute atomic E-state index is 11.3. The van der Waals surface area contributed by atoms with Crippen LogP contribution < -0.4 is 0 Å². The number of hydrogen-bond donors (Lipinski definition) is 1. The van der Waals surface area contributed by atoms with Crippen LogP contribution in [0.4, 0.5) is 0 Å². The Hall–Kier alpha value is -0.710. The Labute approximate surface area is 118 Å². The van der Waals surface area contributed by atoms with Gasteiger partial charge >= 0.3 is 0 Å². The number of likely N-dealkylation sites (tertiary alicyclic amines) is 1. The quantitative estimate of drug-likeness (QED) is 0.918. The van der Waals surface area contributed by atoms with Gasteiger partial charge in [0.1, 0.15) is 0 Å². The summed E-state index contributed by atoms with van der Waals surface area (Å²) in [7, 11) is -0.895. The summed E-state index contributed by atoms with van der Waals surface area (Å²) >= 11 is 0. The maximum atomic E-state index is 11.3. The molecule has 0 radical (unpaired) electrons. The molecule has 1 N–H and O–H groups in total. The number of piperidine rings is 1. The number of aliphatic hydroxyl groups is 1. The van der Waals surface area contributed by atoms with Crippen LogP contribution in [0.1, 0.15) is 25.3 Å². The third kappa shape index (κ3) is 4.13. The Morgan fingerprint density at radius 3 is 2.37 bits per heavy atom. The van der Waals surface area contributed by atoms with Crippen molar-refractivity contribution in [2.24, 2.45) is 5.92 Å². The molecular formula is C15H23NO2S. The summed E-state index contributed by atoms with van der Waals surface area (Å²) in [5.41, 5.74) is 1.27. The van der Waals surface area contributed by atoms with Crippen molar-refractivity contribution in [1.82, 2.24) is 4.90 Å². The molecule has 1 saturated heterocycles. The molecule has 0 aliphatic carbocycles. The van der Waals surface area contributed by atoms with E-state index in [9.17, 15) is 9.32 Å². The van der Waals surface area contributed by atoms with Gasteiger partial charge in [-0.2, -0.15) is 0 Å². The molecular weight excluding hydrogens is 258 g/mol. The first kappa shape index (κ1) is 14.7. The minimum Gasteiger partial charge on any atom is -0.393 e. The van der Waals surface area contributed by atoms with Crippen LogP contribution in [-0.4, -0.2) is 39.7 Å². The van der Waals surface area contributed by atoms with Crippen LogP contribution in [0, 0.1) is 5.92 Å². The van der Waals surface area contributed by atoms with Crippen molar-refractivity contribution >= 4 is 10.8 Å². The third-order valence-electron chi connectivity index (χ3n) is 3.98. The minimum absolute atomic E-state index is 0.180. The first-order valence-corrected chi connectivity index (χ1v) is 8.45. The first-order valence-electron chi connectivity index (χ1n) is 6.89. The molecule has 0 bridgehead atoms. The molecule has 3 nitrogen and oxygen atoms in total. The van der Waals surface area contributed by atoms with Gasteiger partial charge < -0.3 is 5.11 Å². The van der Waals surface area contributed by atoms with Gasteiger partial charge in [-0.3, -0.25) is 9.11 Å². The molecule has 0 amide bonds. The van der Waals surface area contributed by atoms with Crippen molar-refractivity contribution < 1.29 is 9.32 Å². The smallest absolute Gasteiger partial charge is 0.0541 e. The van der Waals surface area contributed by atoms with E-state index in [-0.39, 0.29) is 6.10 Å². The second kappa shape index (κ2) is 6.64. The molecule has 0 saturated carbocycles. The van der Waals surface area contributed by atoms with E-state index in [1.165, 1.54) is 5.56 Å². The van der Waals surface area contributed by atoms with Gasteiger partial charge in [-0.15, -0.1) is 0 Å². The average molecular weight is 281 g/mol. The number of aliphatic hydroxyl groups excluding tert-OH is 1. The number of nitrogens with zero attached hydrogens (tertiary/aromatic N) is 1. The van der Waals surface area contributed by atoms with E-state index in [0.29, 0.717) is 5.92 Å². The van der Waals surface area contributed by atoms with Gasteiger partial charge in [-0.1, -0.05) is 12.1 Å². The van der Waals surface area contributed by atoms with Crippen molar-refractivity contribution in [2.75, 3.05) is 19.3 Å². The average Bonchev–Trinajstić information content (AvgIpc) is 2.40. The lowest BCUT2D eigenvalue weighted by Gasteiger charge is -2.33. The van der Waals surface area contributed by atoms with E-state index >= 15 is 0 Å². The highest BCUT2D eigenvalue weighted by Crippen LogP contribution is 2.22. The molecule has 19 heavy (non-hydrogen) atoms. The van der Waals surface area contributed by atoms with Crippen LogP contribution >= 0.6 is 0 Å². The van der Waals surface area contributed by atoms with Gasteiger partial charge in [0.15, 0.2) is 0 Å². The Bertz CT molecular complexity index is 422. The zero-order valence-electron chi connectivity index (χ0n) is 11.7. The number of rotatable bonds is 4. The zero-order valence-corrected chi connectivity index (χ0v) is 12.5. The lowest BCUT2D eigenvalue weighted by molar-refractivity contribution is 0.0695. The van der Waals surface area contributed by atoms with Gasteiger partial charge in [0.2, 0.25) is 0 Å². The second-order valence-electron chi connectivity index (χ2n) is 5.45. The highest BCUT2D eigenvalue weighted by Gasteiger charge is 2.22. The van der Waals surface area contributed by atoms with E-state index in [0.717, 1.165) is 37.4 Å². The monoisotopic (exact) mass is 281 g/mol. The molecule has 0 spiro atoms. The summed E-state index contributed by atoms with van der Waals surface area (Å²) in [5.74, 6) is 0.459. The SMILES string of the molecule is CC(O)C1CCN(Cc2ccc(S(C)=O)cc2)CC1. The standard InChI is InChI=1S/C15H23NO2S/c1-12(17)14-7-9-16(10-8-14)11-13-3-5-15(6-4-13)19(2)18/h3-6,12,14,17H,7-11H2,1-2H3. The van der Waals surface area contributed by atoms with Gasteiger partial charge in [-0.05, 0) is 56.5 Å². The van der Waals surface area contributed by atoms with Crippen molar-refractivity contribution in [3.8, 4) is 0 Å². The highest BCUT2D eigenvalue weighted by atomic mass is 32.2. The Balaban J connectivity index is 1.87. The van der Waals surface area contributed by atoms with Crippen LogP contribution in [0.3, 0.4) is 0 Å². The Morgan fingerprint density at radius 1 is 1.32 bits per heavy atom. The molecule has 1 aliphatic heterocycles. The largest absolute Gasteiger partial charge is 0.393 e. The second-order valence-corrected chi connectivity index (χ2v) is 6.83.